The Balaban J connectivity index is 1.34. The number of hydrogen-bond donors (Lipinski definition) is 1. The van der Waals surface area contributed by atoms with Crippen molar-refractivity contribution in [3.63, 3.8) is 0 Å². The first-order valence-corrected chi connectivity index (χ1v) is 10.9. The molecule has 3 heterocycles. The zero-order chi connectivity index (χ0) is 20.1. The molecule has 0 spiro atoms. The van der Waals surface area contributed by atoms with E-state index in [9.17, 15) is 4.79 Å². The standard InChI is InChI=1S/C22H26N4O2S/c1-25(15-17-8-3-4-9-19(17)26-11-5-2-6-12-26)22(27)23-14-18-16-28-21(24-18)20-10-7-13-29-20/h3-4,7-10,13,16H,2,5-6,11-12,14-15H2,1H3,(H,23,27). The maximum atomic E-state index is 12.6. The fraction of sp³-hybridized carbons (Fsp3) is 0.364. The summed E-state index contributed by atoms with van der Waals surface area (Å²) in [6, 6.07) is 12.2. The number of nitrogens with zero attached hydrogens (tertiary/aromatic N) is 3. The second-order valence-corrected chi connectivity index (χ2v) is 8.26. The molecule has 2 amide bonds. The summed E-state index contributed by atoms with van der Waals surface area (Å²) in [7, 11) is 1.82. The molecule has 7 heteroatoms. The number of nitrogens with one attached hydrogen (secondary N) is 1. The van der Waals surface area contributed by atoms with Crippen LogP contribution in [0.25, 0.3) is 10.8 Å². The van der Waals surface area contributed by atoms with Crippen LogP contribution < -0.4 is 10.2 Å². The number of piperidine rings is 1. The van der Waals surface area contributed by atoms with Crippen LogP contribution in [0.1, 0.15) is 30.5 Å². The van der Waals surface area contributed by atoms with Gasteiger partial charge in [-0.3, -0.25) is 0 Å². The number of carbonyl (C=O) groups excluding carboxylic acids is 1. The van der Waals surface area contributed by atoms with Gasteiger partial charge in [-0.25, -0.2) is 9.78 Å². The molecule has 0 bridgehead atoms. The third kappa shape index (κ3) is 4.79. The molecule has 0 unspecified atom stereocenters. The second-order valence-electron chi connectivity index (χ2n) is 7.31. The van der Waals surface area contributed by atoms with Crippen molar-refractivity contribution >= 4 is 23.1 Å². The summed E-state index contributed by atoms with van der Waals surface area (Å²) < 4.78 is 5.51. The Morgan fingerprint density at radius 1 is 1.21 bits per heavy atom. The average Bonchev–Trinajstić information content (AvgIpc) is 3.45. The highest BCUT2D eigenvalue weighted by Crippen LogP contribution is 2.25. The van der Waals surface area contributed by atoms with Gasteiger partial charge in [-0.05, 0) is 42.3 Å². The number of benzene rings is 1. The number of urea groups is 1. The number of amides is 2. The summed E-state index contributed by atoms with van der Waals surface area (Å²) in [5.41, 5.74) is 3.13. The molecule has 0 saturated carbocycles. The fourth-order valence-corrected chi connectivity index (χ4v) is 4.27. The zero-order valence-corrected chi connectivity index (χ0v) is 17.5. The van der Waals surface area contributed by atoms with Gasteiger partial charge in [-0.2, -0.15) is 0 Å². The van der Waals surface area contributed by atoms with Crippen LogP contribution in [0.4, 0.5) is 10.5 Å². The predicted octanol–water partition coefficient (Wildman–Crippen LogP) is 4.74. The van der Waals surface area contributed by atoms with E-state index < -0.39 is 0 Å². The van der Waals surface area contributed by atoms with Gasteiger partial charge < -0.3 is 19.5 Å². The van der Waals surface area contributed by atoms with Crippen molar-refractivity contribution < 1.29 is 9.21 Å². The minimum Gasteiger partial charge on any atom is -0.443 e. The van der Waals surface area contributed by atoms with E-state index in [1.807, 2.05) is 30.6 Å². The van der Waals surface area contributed by atoms with Crippen LogP contribution in [0, 0.1) is 0 Å². The van der Waals surface area contributed by atoms with Gasteiger partial charge in [0.05, 0.1) is 17.1 Å². The first-order chi connectivity index (χ1) is 14.2. The van der Waals surface area contributed by atoms with Gasteiger partial charge in [0, 0.05) is 32.4 Å². The molecular formula is C22H26N4O2S. The summed E-state index contributed by atoms with van der Waals surface area (Å²) in [6.45, 7) is 3.08. The normalized spacial score (nSPS) is 14.0. The predicted molar refractivity (Wildman–Crippen MR) is 116 cm³/mol. The van der Waals surface area contributed by atoms with E-state index >= 15 is 0 Å². The van der Waals surface area contributed by atoms with Gasteiger partial charge >= 0.3 is 6.03 Å². The van der Waals surface area contributed by atoms with Crippen LogP contribution >= 0.6 is 11.3 Å². The first-order valence-electron chi connectivity index (χ1n) is 10.0. The molecule has 1 saturated heterocycles. The molecule has 0 aliphatic carbocycles. The van der Waals surface area contributed by atoms with Crippen molar-refractivity contribution in [1.82, 2.24) is 15.2 Å². The molecule has 0 atom stereocenters. The smallest absolute Gasteiger partial charge is 0.317 e. The highest BCUT2D eigenvalue weighted by Gasteiger charge is 2.17. The largest absolute Gasteiger partial charge is 0.443 e. The minimum absolute atomic E-state index is 0.126. The Labute approximate surface area is 175 Å². The lowest BCUT2D eigenvalue weighted by molar-refractivity contribution is 0.206. The Kier molecular flexibility index (Phi) is 6.14. The maximum absolute atomic E-state index is 12.6. The molecule has 1 fully saturated rings. The molecule has 1 aliphatic heterocycles. The Morgan fingerprint density at radius 2 is 2.03 bits per heavy atom. The van der Waals surface area contributed by atoms with Crippen LogP contribution in [-0.2, 0) is 13.1 Å². The highest BCUT2D eigenvalue weighted by atomic mass is 32.1. The first kappa shape index (κ1) is 19.5. The van der Waals surface area contributed by atoms with Crippen LogP contribution in [0.2, 0.25) is 0 Å². The van der Waals surface area contributed by atoms with E-state index in [2.05, 4.69) is 33.4 Å². The van der Waals surface area contributed by atoms with E-state index in [1.165, 1.54) is 30.5 Å². The minimum atomic E-state index is -0.126. The van der Waals surface area contributed by atoms with Gasteiger partial charge in [0.15, 0.2) is 0 Å². The van der Waals surface area contributed by atoms with E-state index in [0.29, 0.717) is 24.7 Å². The summed E-state index contributed by atoms with van der Waals surface area (Å²) in [5.74, 6) is 0.591. The summed E-state index contributed by atoms with van der Waals surface area (Å²) in [6.07, 6.45) is 5.36. The summed E-state index contributed by atoms with van der Waals surface area (Å²) in [5, 5.41) is 4.91. The lowest BCUT2D eigenvalue weighted by Crippen LogP contribution is -2.37. The molecule has 4 rings (SSSR count). The molecular weight excluding hydrogens is 384 g/mol. The fourth-order valence-electron chi connectivity index (χ4n) is 3.62. The second kappa shape index (κ2) is 9.13. The van der Waals surface area contributed by atoms with Crippen molar-refractivity contribution in [2.45, 2.75) is 32.4 Å². The van der Waals surface area contributed by atoms with Crippen LogP contribution in [-0.4, -0.2) is 36.1 Å². The molecule has 3 aromatic rings. The van der Waals surface area contributed by atoms with Gasteiger partial charge in [-0.1, -0.05) is 24.3 Å². The third-order valence-electron chi connectivity index (χ3n) is 5.15. The summed E-state index contributed by atoms with van der Waals surface area (Å²) in [4.78, 5) is 22.2. The topological polar surface area (TPSA) is 61.6 Å². The van der Waals surface area contributed by atoms with E-state index in [1.54, 1.807) is 22.5 Å². The van der Waals surface area contributed by atoms with E-state index in [-0.39, 0.29) is 6.03 Å². The van der Waals surface area contributed by atoms with Crippen molar-refractivity contribution in [2.75, 3.05) is 25.0 Å². The number of anilines is 1. The molecule has 1 N–H and O–H groups in total. The van der Waals surface area contributed by atoms with E-state index in [4.69, 9.17) is 4.42 Å². The molecule has 1 aromatic carbocycles. The average molecular weight is 411 g/mol. The molecule has 29 heavy (non-hydrogen) atoms. The van der Waals surface area contributed by atoms with Gasteiger partial charge in [-0.15, -0.1) is 11.3 Å². The Morgan fingerprint density at radius 3 is 2.83 bits per heavy atom. The number of rotatable bonds is 6. The molecule has 2 aromatic heterocycles. The highest BCUT2D eigenvalue weighted by molar-refractivity contribution is 7.13. The Bertz CT molecular complexity index is 932. The summed E-state index contributed by atoms with van der Waals surface area (Å²) >= 11 is 1.58. The lowest BCUT2D eigenvalue weighted by Gasteiger charge is -2.31. The number of thiophene rings is 1. The number of hydrogen-bond acceptors (Lipinski definition) is 5. The Hall–Kier alpha value is -2.80. The van der Waals surface area contributed by atoms with Crippen LogP contribution in [0.15, 0.2) is 52.5 Å². The molecule has 152 valence electrons. The number of oxazole rings is 1. The monoisotopic (exact) mass is 410 g/mol. The number of para-hydroxylation sites is 1. The van der Waals surface area contributed by atoms with E-state index in [0.717, 1.165) is 18.0 Å². The zero-order valence-electron chi connectivity index (χ0n) is 16.6. The SMILES string of the molecule is CN(Cc1ccccc1N1CCCCC1)C(=O)NCc1coc(-c2cccs2)n1. The number of aromatic nitrogens is 1. The van der Waals surface area contributed by atoms with Crippen molar-refractivity contribution in [3.05, 3.63) is 59.3 Å². The molecule has 0 radical (unpaired) electrons. The quantitative estimate of drug-likeness (QED) is 0.638. The van der Waals surface area contributed by atoms with Gasteiger partial charge in [0.25, 0.3) is 0 Å². The number of carbonyl (C=O) groups is 1. The van der Waals surface area contributed by atoms with Crippen molar-refractivity contribution in [1.29, 1.82) is 0 Å². The molecule has 6 nitrogen and oxygen atoms in total. The lowest BCUT2D eigenvalue weighted by atomic mass is 10.1. The van der Waals surface area contributed by atoms with Gasteiger partial charge in [0.1, 0.15) is 6.26 Å². The van der Waals surface area contributed by atoms with Crippen LogP contribution in [0.3, 0.4) is 0 Å². The van der Waals surface area contributed by atoms with Crippen LogP contribution in [0.5, 0.6) is 0 Å². The van der Waals surface area contributed by atoms with Crippen molar-refractivity contribution in [3.8, 4) is 10.8 Å². The molecule has 1 aliphatic rings. The third-order valence-corrected chi connectivity index (χ3v) is 6.00. The van der Waals surface area contributed by atoms with Gasteiger partial charge in [0.2, 0.25) is 5.89 Å². The maximum Gasteiger partial charge on any atom is 0.317 e. The van der Waals surface area contributed by atoms with Crippen molar-refractivity contribution in [2.24, 2.45) is 0 Å².